The van der Waals surface area contributed by atoms with Gasteiger partial charge in [0.15, 0.2) is 0 Å². The standard InChI is InChI=1S/C16H15NO6/c1-10(11-3-6-13(22-2)7-4-11)23-15-9-12(17(20)21)5-8-14(15)16(18)19/h3-10H,1-2H3,(H,18,19). The molecule has 0 saturated heterocycles. The summed E-state index contributed by atoms with van der Waals surface area (Å²) in [5.74, 6) is -0.575. The fourth-order valence-corrected chi connectivity index (χ4v) is 2.03. The van der Waals surface area contributed by atoms with Gasteiger partial charge in [-0.05, 0) is 30.7 Å². The van der Waals surface area contributed by atoms with E-state index in [1.54, 1.807) is 38.3 Å². The molecule has 0 aliphatic heterocycles. The van der Waals surface area contributed by atoms with Crippen LogP contribution in [-0.4, -0.2) is 23.1 Å². The largest absolute Gasteiger partial charge is 0.497 e. The molecule has 1 atom stereocenters. The van der Waals surface area contributed by atoms with E-state index in [1.807, 2.05) is 0 Å². The van der Waals surface area contributed by atoms with E-state index >= 15 is 0 Å². The number of nitro benzene ring substituents is 1. The van der Waals surface area contributed by atoms with E-state index in [2.05, 4.69) is 0 Å². The number of carboxylic acid groups (broad SMARTS) is 1. The van der Waals surface area contributed by atoms with Crippen LogP contribution in [0.4, 0.5) is 5.69 Å². The maximum atomic E-state index is 11.2. The zero-order chi connectivity index (χ0) is 17.0. The number of hydrogen-bond acceptors (Lipinski definition) is 5. The van der Waals surface area contributed by atoms with Crippen molar-refractivity contribution in [2.24, 2.45) is 0 Å². The van der Waals surface area contributed by atoms with Gasteiger partial charge in [-0.25, -0.2) is 4.79 Å². The van der Waals surface area contributed by atoms with Crippen LogP contribution in [0.15, 0.2) is 42.5 Å². The van der Waals surface area contributed by atoms with Crippen molar-refractivity contribution < 1.29 is 24.3 Å². The van der Waals surface area contributed by atoms with Crippen molar-refractivity contribution in [3.05, 3.63) is 63.7 Å². The number of benzene rings is 2. The van der Waals surface area contributed by atoms with Crippen molar-refractivity contribution in [1.29, 1.82) is 0 Å². The molecule has 0 radical (unpaired) electrons. The number of hydrogen-bond donors (Lipinski definition) is 1. The second kappa shape index (κ2) is 6.78. The highest BCUT2D eigenvalue weighted by Crippen LogP contribution is 2.29. The third-order valence-corrected chi connectivity index (χ3v) is 3.30. The lowest BCUT2D eigenvalue weighted by molar-refractivity contribution is -0.385. The van der Waals surface area contributed by atoms with Crippen molar-refractivity contribution in [3.63, 3.8) is 0 Å². The van der Waals surface area contributed by atoms with Gasteiger partial charge < -0.3 is 14.6 Å². The van der Waals surface area contributed by atoms with Gasteiger partial charge in [0, 0.05) is 6.07 Å². The predicted molar refractivity (Wildman–Crippen MR) is 82.1 cm³/mol. The number of non-ortho nitro benzene ring substituents is 1. The van der Waals surface area contributed by atoms with E-state index in [0.29, 0.717) is 5.75 Å². The molecule has 120 valence electrons. The van der Waals surface area contributed by atoms with Gasteiger partial charge in [0.2, 0.25) is 0 Å². The highest BCUT2D eigenvalue weighted by molar-refractivity contribution is 5.91. The summed E-state index contributed by atoms with van der Waals surface area (Å²) in [4.78, 5) is 21.5. The van der Waals surface area contributed by atoms with Gasteiger partial charge in [0.25, 0.3) is 5.69 Å². The van der Waals surface area contributed by atoms with E-state index in [1.165, 1.54) is 0 Å². The lowest BCUT2D eigenvalue weighted by Crippen LogP contribution is -2.08. The zero-order valence-electron chi connectivity index (χ0n) is 12.6. The summed E-state index contributed by atoms with van der Waals surface area (Å²) >= 11 is 0. The molecule has 0 aliphatic carbocycles. The third kappa shape index (κ3) is 3.76. The topological polar surface area (TPSA) is 98.9 Å². The lowest BCUT2D eigenvalue weighted by atomic mass is 10.1. The Labute approximate surface area is 132 Å². The Hall–Kier alpha value is -3.09. The molecule has 0 spiro atoms. The molecule has 0 aliphatic rings. The van der Waals surface area contributed by atoms with Gasteiger partial charge in [-0.3, -0.25) is 10.1 Å². The van der Waals surface area contributed by atoms with Crippen LogP contribution in [0.3, 0.4) is 0 Å². The molecule has 2 aromatic carbocycles. The zero-order valence-corrected chi connectivity index (χ0v) is 12.6. The Balaban J connectivity index is 2.30. The van der Waals surface area contributed by atoms with Gasteiger partial charge in [-0.2, -0.15) is 0 Å². The van der Waals surface area contributed by atoms with Crippen LogP contribution in [0.2, 0.25) is 0 Å². The minimum atomic E-state index is -1.21. The Morgan fingerprint density at radius 1 is 1.22 bits per heavy atom. The maximum absolute atomic E-state index is 11.2. The van der Waals surface area contributed by atoms with Crippen molar-refractivity contribution in [3.8, 4) is 11.5 Å². The average Bonchev–Trinajstić information content (AvgIpc) is 2.54. The number of rotatable bonds is 6. The molecule has 0 fully saturated rings. The molecule has 2 rings (SSSR count). The third-order valence-electron chi connectivity index (χ3n) is 3.30. The lowest BCUT2D eigenvalue weighted by Gasteiger charge is -2.17. The summed E-state index contributed by atoms with van der Waals surface area (Å²) in [7, 11) is 1.55. The fraction of sp³-hybridized carbons (Fsp3) is 0.188. The Kier molecular flexibility index (Phi) is 4.80. The second-order valence-electron chi connectivity index (χ2n) is 4.78. The quantitative estimate of drug-likeness (QED) is 0.647. The first kappa shape index (κ1) is 16.3. The van der Waals surface area contributed by atoms with E-state index in [0.717, 1.165) is 23.8 Å². The number of aromatic carboxylic acids is 1. The average molecular weight is 317 g/mol. The number of methoxy groups -OCH3 is 1. The van der Waals surface area contributed by atoms with Crippen LogP contribution < -0.4 is 9.47 Å². The maximum Gasteiger partial charge on any atom is 0.339 e. The number of nitrogens with zero attached hydrogens (tertiary/aromatic N) is 1. The molecular formula is C16H15NO6. The van der Waals surface area contributed by atoms with E-state index in [-0.39, 0.29) is 17.0 Å². The number of carboxylic acids is 1. The molecule has 0 aromatic heterocycles. The number of nitro groups is 1. The van der Waals surface area contributed by atoms with Crippen molar-refractivity contribution in [2.75, 3.05) is 7.11 Å². The summed E-state index contributed by atoms with van der Waals surface area (Å²) in [6.07, 6.45) is -0.485. The molecule has 7 nitrogen and oxygen atoms in total. The smallest absolute Gasteiger partial charge is 0.339 e. The van der Waals surface area contributed by atoms with Gasteiger partial charge in [-0.15, -0.1) is 0 Å². The molecule has 2 aromatic rings. The SMILES string of the molecule is COc1ccc(C(C)Oc2cc([N+](=O)[O-])ccc2C(=O)O)cc1. The molecule has 0 saturated carbocycles. The van der Waals surface area contributed by atoms with E-state index in [4.69, 9.17) is 9.47 Å². The molecule has 1 N–H and O–H groups in total. The molecule has 1 unspecified atom stereocenters. The Morgan fingerprint density at radius 2 is 1.87 bits per heavy atom. The van der Waals surface area contributed by atoms with Crippen molar-refractivity contribution in [1.82, 2.24) is 0 Å². The van der Waals surface area contributed by atoms with Gasteiger partial charge in [0.1, 0.15) is 23.2 Å². The van der Waals surface area contributed by atoms with Crippen LogP contribution in [0.5, 0.6) is 11.5 Å². The molecule has 0 heterocycles. The van der Waals surface area contributed by atoms with Gasteiger partial charge in [0.05, 0.1) is 18.1 Å². The summed E-state index contributed by atoms with van der Waals surface area (Å²) in [5.41, 5.74) is 0.427. The normalized spacial score (nSPS) is 11.6. The number of ether oxygens (including phenoxy) is 2. The Morgan fingerprint density at radius 3 is 2.39 bits per heavy atom. The molecule has 7 heteroatoms. The van der Waals surface area contributed by atoms with Crippen molar-refractivity contribution in [2.45, 2.75) is 13.0 Å². The van der Waals surface area contributed by atoms with E-state index < -0.39 is 17.0 Å². The van der Waals surface area contributed by atoms with E-state index in [9.17, 15) is 20.0 Å². The predicted octanol–water partition coefficient (Wildman–Crippen LogP) is 3.44. The van der Waals surface area contributed by atoms with Gasteiger partial charge >= 0.3 is 5.97 Å². The highest BCUT2D eigenvalue weighted by Gasteiger charge is 2.19. The molecule has 0 amide bonds. The minimum absolute atomic E-state index is 0.0463. The second-order valence-corrected chi connectivity index (χ2v) is 4.78. The van der Waals surface area contributed by atoms with Crippen LogP contribution in [0.25, 0.3) is 0 Å². The summed E-state index contributed by atoms with van der Waals surface area (Å²) in [6.45, 7) is 1.73. The van der Waals surface area contributed by atoms with Crippen molar-refractivity contribution >= 4 is 11.7 Å². The first-order valence-corrected chi connectivity index (χ1v) is 6.74. The number of carbonyl (C=O) groups is 1. The Bertz CT molecular complexity index is 726. The van der Waals surface area contributed by atoms with Crippen LogP contribution in [0.1, 0.15) is 28.9 Å². The molecule has 0 bridgehead atoms. The summed E-state index contributed by atoms with van der Waals surface area (Å²) < 4.78 is 10.7. The first-order valence-electron chi connectivity index (χ1n) is 6.74. The fourth-order valence-electron chi connectivity index (χ4n) is 2.03. The molecular weight excluding hydrogens is 302 g/mol. The van der Waals surface area contributed by atoms with Crippen LogP contribution in [-0.2, 0) is 0 Å². The van der Waals surface area contributed by atoms with Crippen LogP contribution in [0, 0.1) is 10.1 Å². The highest BCUT2D eigenvalue weighted by atomic mass is 16.6. The summed E-state index contributed by atoms with van der Waals surface area (Å²) in [6, 6.07) is 10.5. The monoisotopic (exact) mass is 317 g/mol. The first-order chi connectivity index (χ1) is 10.9. The minimum Gasteiger partial charge on any atom is -0.497 e. The van der Waals surface area contributed by atoms with Crippen LogP contribution >= 0.6 is 0 Å². The van der Waals surface area contributed by atoms with Gasteiger partial charge in [-0.1, -0.05) is 12.1 Å². The summed E-state index contributed by atoms with van der Waals surface area (Å²) in [5, 5.41) is 20.0. The molecule has 23 heavy (non-hydrogen) atoms.